The quantitative estimate of drug-likeness (QED) is 0.823. The third kappa shape index (κ3) is 3.87. The Labute approximate surface area is 104 Å². The first-order valence-corrected chi connectivity index (χ1v) is 6.58. The predicted octanol–water partition coefficient (Wildman–Crippen LogP) is 2.37. The Kier molecular flexibility index (Phi) is 4.80. The maximum Gasteiger partial charge on any atom is 0.410 e. The Balaban J connectivity index is 2.64. The first-order valence-electron chi connectivity index (χ1n) is 6.58. The zero-order valence-electron chi connectivity index (χ0n) is 11.5. The number of carbonyl (C=O) groups excluding carboxylic acids is 1. The normalized spacial score (nSPS) is 18.4. The smallest absolute Gasteiger partial charge is 0.410 e. The number of hydrogen-bond donors (Lipinski definition) is 1. The van der Waals surface area contributed by atoms with E-state index in [1.54, 1.807) is 4.90 Å². The SMILES string of the molecule is CCN(C(=O)OC(C)(C)C)C(CN)C1CCC1. The third-order valence-electron chi connectivity index (χ3n) is 3.30. The minimum atomic E-state index is -0.441. The highest BCUT2D eigenvalue weighted by molar-refractivity contribution is 5.68. The van der Waals surface area contributed by atoms with E-state index < -0.39 is 5.60 Å². The van der Waals surface area contributed by atoms with Crippen LogP contribution in [0, 0.1) is 5.92 Å². The molecule has 0 aromatic rings. The number of ether oxygens (including phenoxy) is 1. The van der Waals surface area contributed by atoms with Gasteiger partial charge in [-0.3, -0.25) is 0 Å². The standard InChI is InChI=1S/C13H26N2O2/c1-5-15(12(16)17-13(2,3)4)11(9-14)10-7-6-8-10/h10-11H,5-9,14H2,1-4H3. The van der Waals surface area contributed by atoms with Crippen LogP contribution >= 0.6 is 0 Å². The van der Waals surface area contributed by atoms with E-state index >= 15 is 0 Å². The molecule has 0 aromatic carbocycles. The minimum Gasteiger partial charge on any atom is -0.444 e. The van der Waals surface area contributed by atoms with E-state index in [4.69, 9.17) is 10.5 Å². The largest absolute Gasteiger partial charge is 0.444 e. The lowest BCUT2D eigenvalue weighted by Crippen LogP contribution is -2.51. The zero-order valence-corrected chi connectivity index (χ0v) is 11.5. The molecule has 0 aliphatic heterocycles. The van der Waals surface area contributed by atoms with Crippen LogP contribution in [-0.2, 0) is 4.74 Å². The first-order chi connectivity index (χ1) is 7.89. The molecule has 1 amide bonds. The van der Waals surface area contributed by atoms with Gasteiger partial charge in [0.2, 0.25) is 0 Å². The summed E-state index contributed by atoms with van der Waals surface area (Å²) in [5.74, 6) is 0.562. The molecule has 0 spiro atoms. The molecule has 1 saturated carbocycles. The molecule has 17 heavy (non-hydrogen) atoms. The molecule has 4 nitrogen and oxygen atoms in total. The summed E-state index contributed by atoms with van der Waals surface area (Å²) in [4.78, 5) is 13.9. The number of nitrogens with zero attached hydrogens (tertiary/aromatic N) is 1. The maximum atomic E-state index is 12.1. The average Bonchev–Trinajstić information content (AvgIpc) is 2.11. The van der Waals surface area contributed by atoms with Crippen molar-refractivity contribution in [1.29, 1.82) is 0 Å². The van der Waals surface area contributed by atoms with E-state index in [1.807, 2.05) is 27.7 Å². The lowest BCUT2D eigenvalue weighted by atomic mass is 9.79. The van der Waals surface area contributed by atoms with Crippen molar-refractivity contribution >= 4 is 6.09 Å². The number of hydrogen-bond acceptors (Lipinski definition) is 3. The van der Waals surface area contributed by atoms with Crippen LogP contribution in [0.5, 0.6) is 0 Å². The second-order valence-corrected chi connectivity index (χ2v) is 5.76. The fourth-order valence-corrected chi connectivity index (χ4v) is 2.22. The molecule has 0 radical (unpaired) electrons. The van der Waals surface area contributed by atoms with Gasteiger partial charge >= 0.3 is 6.09 Å². The summed E-state index contributed by atoms with van der Waals surface area (Å²) in [6, 6.07) is 0.142. The molecule has 0 saturated heterocycles. The second kappa shape index (κ2) is 5.71. The molecule has 0 heterocycles. The third-order valence-corrected chi connectivity index (χ3v) is 3.30. The van der Waals surface area contributed by atoms with Gasteiger partial charge in [0.05, 0.1) is 6.04 Å². The molecule has 1 aliphatic rings. The van der Waals surface area contributed by atoms with Crippen LogP contribution in [0.1, 0.15) is 47.0 Å². The van der Waals surface area contributed by atoms with Crippen LogP contribution < -0.4 is 5.73 Å². The monoisotopic (exact) mass is 242 g/mol. The Hall–Kier alpha value is -0.770. The van der Waals surface area contributed by atoms with Crippen LogP contribution in [0.3, 0.4) is 0 Å². The van der Waals surface area contributed by atoms with Gasteiger partial charge in [-0.15, -0.1) is 0 Å². The molecule has 0 aromatic heterocycles. The molecule has 1 rings (SSSR count). The molecule has 4 heteroatoms. The molecular formula is C13H26N2O2. The fraction of sp³-hybridized carbons (Fsp3) is 0.923. The first kappa shape index (κ1) is 14.3. The molecule has 2 N–H and O–H groups in total. The van der Waals surface area contributed by atoms with Gasteiger partial charge in [-0.2, -0.15) is 0 Å². The summed E-state index contributed by atoms with van der Waals surface area (Å²) in [6.45, 7) is 8.83. The lowest BCUT2D eigenvalue weighted by Gasteiger charge is -2.40. The summed E-state index contributed by atoms with van der Waals surface area (Å²) in [6.07, 6.45) is 3.39. The maximum absolute atomic E-state index is 12.1. The van der Waals surface area contributed by atoms with Gasteiger partial charge in [0.15, 0.2) is 0 Å². The number of carbonyl (C=O) groups is 1. The van der Waals surface area contributed by atoms with E-state index in [2.05, 4.69) is 0 Å². The number of likely N-dealkylation sites (N-methyl/N-ethyl adjacent to an activating group) is 1. The van der Waals surface area contributed by atoms with Crippen molar-refractivity contribution in [3.05, 3.63) is 0 Å². The highest BCUT2D eigenvalue weighted by atomic mass is 16.6. The Bertz CT molecular complexity index is 257. The van der Waals surface area contributed by atoms with Crippen molar-refractivity contribution in [2.45, 2.75) is 58.6 Å². The average molecular weight is 242 g/mol. The van der Waals surface area contributed by atoms with E-state index in [0.717, 1.165) is 0 Å². The van der Waals surface area contributed by atoms with Crippen LogP contribution in [0.4, 0.5) is 4.79 Å². The topological polar surface area (TPSA) is 55.6 Å². The van der Waals surface area contributed by atoms with Crippen molar-refractivity contribution in [2.24, 2.45) is 11.7 Å². The van der Waals surface area contributed by atoms with E-state index in [0.29, 0.717) is 19.0 Å². The second-order valence-electron chi connectivity index (χ2n) is 5.76. The van der Waals surface area contributed by atoms with Gasteiger partial charge in [-0.05, 0) is 46.5 Å². The number of rotatable bonds is 4. The zero-order chi connectivity index (χ0) is 13.1. The summed E-state index contributed by atoms with van der Waals surface area (Å²) in [5, 5.41) is 0. The Morgan fingerprint density at radius 3 is 2.35 bits per heavy atom. The van der Waals surface area contributed by atoms with Crippen LogP contribution in [-0.4, -0.2) is 35.7 Å². The van der Waals surface area contributed by atoms with Crippen LogP contribution in [0.25, 0.3) is 0 Å². The van der Waals surface area contributed by atoms with Gasteiger partial charge in [0.25, 0.3) is 0 Å². The molecule has 1 fully saturated rings. The van der Waals surface area contributed by atoms with Crippen LogP contribution in [0.2, 0.25) is 0 Å². The molecular weight excluding hydrogens is 216 g/mol. The predicted molar refractivity (Wildman–Crippen MR) is 68.8 cm³/mol. The molecule has 1 atom stereocenters. The van der Waals surface area contributed by atoms with Gasteiger partial charge in [-0.25, -0.2) is 4.79 Å². The Morgan fingerprint density at radius 2 is 2.06 bits per heavy atom. The summed E-state index contributed by atoms with van der Waals surface area (Å²) < 4.78 is 5.42. The fourth-order valence-electron chi connectivity index (χ4n) is 2.22. The van der Waals surface area contributed by atoms with Crippen molar-refractivity contribution in [3.8, 4) is 0 Å². The minimum absolute atomic E-state index is 0.142. The van der Waals surface area contributed by atoms with Gasteiger partial charge in [-0.1, -0.05) is 6.42 Å². The summed E-state index contributed by atoms with van der Waals surface area (Å²) in [7, 11) is 0. The summed E-state index contributed by atoms with van der Waals surface area (Å²) >= 11 is 0. The van der Waals surface area contributed by atoms with Gasteiger partial charge < -0.3 is 15.4 Å². The molecule has 100 valence electrons. The van der Waals surface area contributed by atoms with Gasteiger partial charge in [0, 0.05) is 13.1 Å². The molecule has 1 aliphatic carbocycles. The molecule has 0 bridgehead atoms. The van der Waals surface area contributed by atoms with Gasteiger partial charge in [0.1, 0.15) is 5.60 Å². The highest BCUT2D eigenvalue weighted by Crippen LogP contribution is 2.32. The van der Waals surface area contributed by atoms with E-state index in [1.165, 1.54) is 19.3 Å². The molecule has 1 unspecified atom stereocenters. The summed E-state index contributed by atoms with van der Waals surface area (Å²) in [5.41, 5.74) is 5.37. The van der Waals surface area contributed by atoms with Crippen LogP contribution in [0.15, 0.2) is 0 Å². The number of amides is 1. The van der Waals surface area contributed by atoms with Crippen molar-refractivity contribution in [3.63, 3.8) is 0 Å². The van der Waals surface area contributed by atoms with E-state index in [9.17, 15) is 4.79 Å². The van der Waals surface area contributed by atoms with E-state index in [-0.39, 0.29) is 12.1 Å². The van der Waals surface area contributed by atoms with Crippen molar-refractivity contribution < 1.29 is 9.53 Å². The number of nitrogens with two attached hydrogens (primary N) is 1. The van der Waals surface area contributed by atoms with Crippen molar-refractivity contribution in [2.75, 3.05) is 13.1 Å². The lowest BCUT2D eigenvalue weighted by molar-refractivity contribution is 0.00604. The van der Waals surface area contributed by atoms with Crippen molar-refractivity contribution in [1.82, 2.24) is 4.90 Å². The highest BCUT2D eigenvalue weighted by Gasteiger charge is 2.34. The Morgan fingerprint density at radius 1 is 1.47 bits per heavy atom.